The number of aliphatic hydroxyl groups is 1. The van der Waals surface area contributed by atoms with E-state index < -0.39 is 30.5 Å². The highest BCUT2D eigenvalue weighted by molar-refractivity contribution is 6.33. The van der Waals surface area contributed by atoms with Gasteiger partial charge in [0.2, 0.25) is 0 Å². The van der Waals surface area contributed by atoms with E-state index in [0.717, 1.165) is 6.07 Å². The van der Waals surface area contributed by atoms with Crippen LogP contribution in [-0.4, -0.2) is 34.9 Å². The molecule has 8 heteroatoms. The monoisotopic (exact) mass is 276 g/mol. The molecule has 0 aliphatic heterocycles. The van der Waals surface area contributed by atoms with E-state index in [1.54, 1.807) is 0 Å². The fourth-order valence-electron chi connectivity index (χ4n) is 1.05. The molecular weight excluding hydrogens is 267 g/mol. The molecule has 1 rings (SSSR count). The lowest BCUT2D eigenvalue weighted by Gasteiger charge is -2.10. The van der Waals surface area contributed by atoms with Crippen molar-refractivity contribution in [1.82, 2.24) is 5.32 Å². The third kappa shape index (κ3) is 3.86. The topological polar surface area (TPSA) is 98.7 Å². The van der Waals surface area contributed by atoms with Crippen molar-refractivity contribution in [3.63, 3.8) is 0 Å². The number of amides is 2. The molecule has 0 saturated carbocycles. The molecule has 0 aliphatic carbocycles. The molecule has 0 bridgehead atoms. The van der Waals surface area contributed by atoms with Gasteiger partial charge < -0.3 is 20.8 Å². The third-order valence-electron chi connectivity index (χ3n) is 1.94. The first-order valence-electron chi connectivity index (χ1n) is 4.81. The first-order chi connectivity index (χ1) is 8.41. The summed E-state index contributed by atoms with van der Waals surface area (Å²) in [6, 6.07) is 2.98. The van der Waals surface area contributed by atoms with Gasteiger partial charge in [0.15, 0.2) is 6.10 Å². The van der Waals surface area contributed by atoms with E-state index in [0.29, 0.717) is 0 Å². The predicted octanol–water partition coefficient (Wildman–Crippen LogP) is 1.05. The van der Waals surface area contributed by atoms with Crippen molar-refractivity contribution in [3.05, 3.63) is 29.0 Å². The van der Waals surface area contributed by atoms with E-state index in [2.05, 4.69) is 10.6 Å². The molecule has 2 amide bonds. The van der Waals surface area contributed by atoms with Crippen molar-refractivity contribution < 1.29 is 24.2 Å². The van der Waals surface area contributed by atoms with Crippen LogP contribution in [0.15, 0.2) is 18.2 Å². The molecule has 1 aromatic rings. The number of carbonyl (C=O) groups excluding carboxylic acids is 1. The lowest BCUT2D eigenvalue weighted by molar-refractivity contribution is -0.146. The number of aliphatic carboxylic acids is 1. The second-order valence-electron chi connectivity index (χ2n) is 3.29. The summed E-state index contributed by atoms with van der Waals surface area (Å²) in [6.07, 6.45) is -1.73. The van der Waals surface area contributed by atoms with Gasteiger partial charge in [0.1, 0.15) is 5.82 Å². The summed E-state index contributed by atoms with van der Waals surface area (Å²) >= 11 is 5.66. The Bertz CT molecular complexity index is 449. The number of hydrogen-bond donors (Lipinski definition) is 4. The number of hydrogen-bond acceptors (Lipinski definition) is 3. The number of urea groups is 1. The second kappa shape index (κ2) is 6.18. The molecule has 0 unspecified atom stereocenters. The van der Waals surface area contributed by atoms with Crippen LogP contribution in [0.4, 0.5) is 14.9 Å². The number of rotatable bonds is 4. The van der Waals surface area contributed by atoms with Crippen molar-refractivity contribution in [2.75, 3.05) is 11.9 Å². The van der Waals surface area contributed by atoms with Gasteiger partial charge in [0, 0.05) is 0 Å². The van der Waals surface area contributed by atoms with Crippen molar-refractivity contribution >= 4 is 29.3 Å². The highest BCUT2D eigenvalue weighted by Crippen LogP contribution is 2.24. The van der Waals surface area contributed by atoms with Crippen molar-refractivity contribution in [2.45, 2.75) is 6.10 Å². The number of para-hydroxylation sites is 1. The Hall–Kier alpha value is -1.86. The minimum Gasteiger partial charge on any atom is -0.479 e. The van der Waals surface area contributed by atoms with Gasteiger partial charge in [0.05, 0.1) is 17.3 Å². The highest BCUT2D eigenvalue weighted by Gasteiger charge is 2.15. The van der Waals surface area contributed by atoms with Gasteiger partial charge in [-0.25, -0.2) is 14.0 Å². The molecule has 4 N–H and O–H groups in total. The van der Waals surface area contributed by atoms with E-state index in [9.17, 15) is 14.0 Å². The molecular formula is C10H10ClFN2O4. The number of aliphatic hydroxyl groups excluding tert-OH is 1. The number of anilines is 1. The Kier molecular flexibility index (Phi) is 4.87. The number of halogens is 2. The first kappa shape index (κ1) is 14.2. The Balaban J connectivity index is 2.58. The summed E-state index contributed by atoms with van der Waals surface area (Å²) in [4.78, 5) is 21.6. The van der Waals surface area contributed by atoms with E-state index in [1.807, 2.05) is 0 Å². The van der Waals surface area contributed by atoms with E-state index >= 15 is 0 Å². The van der Waals surface area contributed by atoms with Crippen LogP contribution < -0.4 is 10.6 Å². The van der Waals surface area contributed by atoms with Gasteiger partial charge in [-0.1, -0.05) is 17.7 Å². The average Bonchev–Trinajstić information content (AvgIpc) is 2.30. The molecule has 0 saturated heterocycles. The molecule has 0 aliphatic rings. The molecule has 18 heavy (non-hydrogen) atoms. The molecule has 0 spiro atoms. The van der Waals surface area contributed by atoms with Crippen molar-refractivity contribution in [2.24, 2.45) is 0 Å². The van der Waals surface area contributed by atoms with Gasteiger partial charge in [-0.3, -0.25) is 0 Å². The zero-order valence-corrected chi connectivity index (χ0v) is 9.74. The average molecular weight is 277 g/mol. The summed E-state index contributed by atoms with van der Waals surface area (Å²) in [5, 5.41) is 21.5. The Morgan fingerprint density at radius 1 is 1.44 bits per heavy atom. The van der Waals surface area contributed by atoms with Crippen LogP contribution in [-0.2, 0) is 4.79 Å². The zero-order chi connectivity index (χ0) is 13.7. The number of carboxylic acids is 1. The Labute approximate surface area is 106 Å². The fraction of sp³-hybridized carbons (Fsp3) is 0.200. The van der Waals surface area contributed by atoms with Gasteiger partial charge in [0.25, 0.3) is 0 Å². The number of carbonyl (C=O) groups is 2. The van der Waals surface area contributed by atoms with Crippen LogP contribution in [0, 0.1) is 5.82 Å². The van der Waals surface area contributed by atoms with Crippen LogP contribution in [0.3, 0.4) is 0 Å². The number of benzene rings is 1. The molecule has 98 valence electrons. The maximum absolute atomic E-state index is 13.3. The van der Waals surface area contributed by atoms with E-state index in [4.69, 9.17) is 21.8 Å². The van der Waals surface area contributed by atoms with Crippen LogP contribution in [0.25, 0.3) is 0 Å². The van der Waals surface area contributed by atoms with Gasteiger partial charge in [-0.2, -0.15) is 0 Å². The van der Waals surface area contributed by atoms with Crippen LogP contribution in [0.5, 0.6) is 0 Å². The van der Waals surface area contributed by atoms with Crippen LogP contribution >= 0.6 is 11.6 Å². The first-order valence-corrected chi connectivity index (χ1v) is 5.19. The summed E-state index contributed by atoms with van der Waals surface area (Å²) in [6.45, 7) is -0.507. The lowest BCUT2D eigenvalue weighted by atomic mass is 10.3. The molecule has 0 heterocycles. The minimum atomic E-state index is -1.73. The van der Waals surface area contributed by atoms with Crippen molar-refractivity contribution in [3.8, 4) is 0 Å². The largest absolute Gasteiger partial charge is 0.479 e. The van der Waals surface area contributed by atoms with E-state index in [-0.39, 0.29) is 10.7 Å². The Morgan fingerprint density at radius 2 is 2.11 bits per heavy atom. The van der Waals surface area contributed by atoms with Gasteiger partial charge in [-0.05, 0) is 12.1 Å². The maximum Gasteiger partial charge on any atom is 0.334 e. The highest BCUT2D eigenvalue weighted by atomic mass is 35.5. The minimum absolute atomic E-state index is 0.00364. The summed E-state index contributed by atoms with van der Waals surface area (Å²) in [5.41, 5.74) is -0.221. The number of nitrogens with one attached hydrogen (secondary N) is 2. The molecule has 1 aromatic carbocycles. The van der Waals surface area contributed by atoms with Crippen LogP contribution in [0.1, 0.15) is 0 Å². The SMILES string of the molecule is O=C(NC[C@H](O)C(=O)O)Nc1c(F)cccc1Cl. The number of carboxylic acid groups (broad SMARTS) is 1. The zero-order valence-electron chi connectivity index (χ0n) is 8.98. The molecule has 6 nitrogen and oxygen atoms in total. The molecule has 0 fully saturated rings. The van der Waals surface area contributed by atoms with Crippen LogP contribution in [0.2, 0.25) is 5.02 Å². The fourth-order valence-corrected chi connectivity index (χ4v) is 1.26. The van der Waals surface area contributed by atoms with Crippen molar-refractivity contribution in [1.29, 1.82) is 0 Å². The summed E-state index contributed by atoms with van der Waals surface area (Å²) < 4.78 is 13.3. The Morgan fingerprint density at radius 3 is 2.67 bits per heavy atom. The standard InChI is InChI=1S/C10H10ClFN2O4/c11-5-2-1-3-6(12)8(5)14-10(18)13-4-7(15)9(16)17/h1-3,7,15H,4H2,(H,16,17)(H2,13,14,18)/t7-/m0/s1. The summed E-state index contributed by atoms with van der Waals surface area (Å²) in [7, 11) is 0. The molecule has 0 aromatic heterocycles. The lowest BCUT2D eigenvalue weighted by Crippen LogP contribution is -2.38. The molecule has 1 atom stereocenters. The smallest absolute Gasteiger partial charge is 0.334 e. The molecule has 0 radical (unpaired) electrons. The van der Waals surface area contributed by atoms with Gasteiger partial charge >= 0.3 is 12.0 Å². The predicted molar refractivity (Wildman–Crippen MR) is 62.1 cm³/mol. The van der Waals surface area contributed by atoms with E-state index in [1.165, 1.54) is 12.1 Å². The normalized spacial score (nSPS) is 11.7. The van der Waals surface area contributed by atoms with Gasteiger partial charge in [-0.15, -0.1) is 0 Å². The second-order valence-corrected chi connectivity index (χ2v) is 3.69. The quantitative estimate of drug-likeness (QED) is 0.660. The summed E-state index contributed by atoms with van der Waals surface area (Å²) in [5.74, 6) is -2.20. The third-order valence-corrected chi connectivity index (χ3v) is 2.26. The maximum atomic E-state index is 13.3.